The van der Waals surface area contributed by atoms with Crippen molar-refractivity contribution in [2.45, 2.75) is 51.4 Å². The fraction of sp³-hybridized carbons (Fsp3) is 1.00. The van der Waals surface area contributed by atoms with Crippen molar-refractivity contribution in [2.75, 3.05) is 19.6 Å². The fourth-order valence-electron chi connectivity index (χ4n) is 2.22. The van der Waals surface area contributed by atoms with E-state index >= 15 is 0 Å². The molecule has 2 atom stereocenters. The molecule has 1 heterocycles. The van der Waals surface area contributed by atoms with Crippen LogP contribution in [0, 0.1) is 0 Å². The summed E-state index contributed by atoms with van der Waals surface area (Å²) in [5.74, 6) is 0. The minimum absolute atomic E-state index is 0.0183. The molecule has 1 saturated heterocycles. The molecule has 1 aliphatic rings. The molecule has 1 aliphatic heterocycles. The Bertz CT molecular complexity index is 206. The van der Waals surface area contributed by atoms with Crippen LogP contribution in [0.3, 0.4) is 0 Å². The summed E-state index contributed by atoms with van der Waals surface area (Å²) in [5, 5.41) is 3.38. The Morgan fingerprint density at radius 3 is 2.56 bits per heavy atom. The van der Waals surface area contributed by atoms with Gasteiger partial charge in [-0.1, -0.05) is 6.92 Å². The maximum Gasteiger partial charge on any atom is 0.401 e. The van der Waals surface area contributed by atoms with E-state index in [0.717, 1.165) is 25.8 Å². The van der Waals surface area contributed by atoms with Gasteiger partial charge in [0.1, 0.15) is 0 Å². The third-order valence-electron chi connectivity index (χ3n) is 3.08. The van der Waals surface area contributed by atoms with Crippen LogP contribution in [-0.2, 0) is 0 Å². The molecule has 0 spiro atoms. The smallest absolute Gasteiger partial charge is 0.314 e. The van der Waals surface area contributed by atoms with Crippen LogP contribution in [0.4, 0.5) is 13.2 Å². The Hall–Kier alpha value is -0.290. The second-order valence-electron chi connectivity index (χ2n) is 4.61. The summed E-state index contributed by atoms with van der Waals surface area (Å²) < 4.78 is 36.8. The zero-order valence-electron chi connectivity index (χ0n) is 9.98. The van der Waals surface area contributed by atoms with Crippen molar-refractivity contribution < 1.29 is 13.2 Å². The molecule has 0 bridgehead atoms. The summed E-state index contributed by atoms with van der Waals surface area (Å²) in [6.45, 7) is 4.70. The molecule has 1 N–H and O–H groups in total. The van der Waals surface area contributed by atoms with E-state index in [1.165, 1.54) is 4.90 Å². The van der Waals surface area contributed by atoms with Gasteiger partial charge in [0.25, 0.3) is 0 Å². The lowest BCUT2D eigenvalue weighted by atomic mass is 9.98. The minimum Gasteiger partial charge on any atom is -0.314 e. The topological polar surface area (TPSA) is 15.3 Å². The summed E-state index contributed by atoms with van der Waals surface area (Å²) in [5.41, 5.74) is 0. The Morgan fingerprint density at radius 2 is 2.06 bits per heavy atom. The van der Waals surface area contributed by atoms with Crippen molar-refractivity contribution >= 4 is 0 Å². The average Bonchev–Trinajstić information content (AvgIpc) is 2.17. The van der Waals surface area contributed by atoms with Crippen molar-refractivity contribution in [3.05, 3.63) is 0 Å². The predicted molar refractivity (Wildman–Crippen MR) is 58.4 cm³/mol. The fourth-order valence-corrected chi connectivity index (χ4v) is 2.22. The molecular weight excluding hydrogens is 217 g/mol. The van der Waals surface area contributed by atoms with E-state index in [1.807, 2.05) is 6.92 Å². The molecule has 0 radical (unpaired) electrons. The van der Waals surface area contributed by atoms with Gasteiger partial charge in [-0.05, 0) is 32.7 Å². The second kappa shape index (κ2) is 5.87. The van der Waals surface area contributed by atoms with Crippen molar-refractivity contribution in [2.24, 2.45) is 0 Å². The summed E-state index contributed by atoms with van der Waals surface area (Å²) in [4.78, 5) is 1.53. The first-order chi connectivity index (χ1) is 7.42. The Morgan fingerprint density at radius 1 is 1.38 bits per heavy atom. The maximum atomic E-state index is 12.3. The average molecular weight is 238 g/mol. The van der Waals surface area contributed by atoms with Crippen LogP contribution in [0.5, 0.6) is 0 Å². The molecule has 5 heteroatoms. The summed E-state index contributed by atoms with van der Waals surface area (Å²) in [6.07, 6.45) is -1.37. The maximum absolute atomic E-state index is 12.3. The molecule has 0 saturated carbocycles. The zero-order chi connectivity index (χ0) is 12.2. The third-order valence-corrected chi connectivity index (χ3v) is 3.08. The number of likely N-dealkylation sites (tertiary alicyclic amines) is 1. The molecule has 1 rings (SSSR count). The Labute approximate surface area is 95.2 Å². The Kier molecular flexibility index (Phi) is 5.05. The number of nitrogens with one attached hydrogen (secondary N) is 1. The molecule has 2 nitrogen and oxygen atoms in total. The number of hydrogen-bond donors (Lipinski definition) is 1. The van der Waals surface area contributed by atoms with Crippen LogP contribution in [0.2, 0.25) is 0 Å². The van der Waals surface area contributed by atoms with E-state index in [9.17, 15) is 13.2 Å². The van der Waals surface area contributed by atoms with E-state index in [1.54, 1.807) is 0 Å². The van der Waals surface area contributed by atoms with Crippen LogP contribution < -0.4 is 5.32 Å². The van der Waals surface area contributed by atoms with E-state index in [4.69, 9.17) is 0 Å². The van der Waals surface area contributed by atoms with Crippen LogP contribution in [-0.4, -0.2) is 42.8 Å². The van der Waals surface area contributed by atoms with Gasteiger partial charge in [-0.25, -0.2) is 0 Å². The van der Waals surface area contributed by atoms with Gasteiger partial charge >= 0.3 is 6.18 Å². The number of rotatable bonds is 4. The van der Waals surface area contributed by atoms with E-state index in [-0.39, 0.29) is 6.04 Å². The number of piperidine rings is 1. The van der Waals surface area contributed by atoms with Crippen molar-refractivity contribution in [1.29, 1.82) is 0 Å². The van der Waals surface area contributed by atoms with Crippen molar-refractivity contribution in [3.63, 3.8) is 0 Å². The van der Waals surface area contributed by atoms with E-state index in [2.05, 4.69) is 12.2 Å². The van der Waals surface area contributed by atoms with E-state index in [0.29, 0.717) is 12.6 Å². The van der Waals surface area contributed by atoms with Crippen molar-refractivity contribution in [1.82, 2.24) is 10.2 Å². The zero-order valence-corrected chi connectivity index (χ0v) is 9.98. The standard InChI is InChI=1S/C11H21F3N2/c1-3-5-15-10-4-6-16(9(2)7-10)8-11(12,13)14/h9-10,15H,3-8H2,1-2H3. The van der Waals surface area contributed by atoms with Gasteiger partial charge in [0, 0.05) is 18.6 Å². The van der Waals surface area contributed by atoms with Gasteiger partial charge in [0.15, 0.2) is 0 Å². The van der Waals surface area contributed by atoms with E-state index < -0.39 is 12.7 Å². The molecule has 1 fully saturated rings. The lowest BCUT2D eigenvalue weighted by Crippen LogP contribution is -2.50. The molecule has 0 amide bonds. The SMILES string of the molecule is CCCNC1CCN(CC(F)(F)F)C(C)C1. The molecule has 2 unspecified atom stereocenters. The molecule has 0 aromatic rings. The lowest BCUT2D eigenvalue weighted by molar-refractivity contribution is -0.153. The molecule has 0 aromatic heterocycles. The molecule has 96 valence electrons. The highest BCUT2D eigenvalue weighted by Gasteiger charge is 2.35. The number of nitrogens with zero attached hydrogens (tertiary/aromatic N) is 1. The summed E-state index contributed by atoms with van der Waals surface area (Å²) in [6, 6.07) is 0.407. The van der Waals surface area contributed by atoms with Gasteiger partial charge in [-0.2, -0.15) is 13.2 Å². The quantitative estimate of drug-likeness (QED) is 0.809. The first-order valence-electron chi connectivity index (χ1n) is 5.96. The minimum atomic E-state index is -4.07. The van der Waals surface area contributed by atoms with Gasteiger partial charge in [0.2, 0.25) is 0 Å². The van der Waals surface area contributed by atoms with Crippen LogP contribution in [0.25, 0.3) is 0 Å². The number of halogens is 3. The highest BCUT2D eigenvalue weighted by Crippen LogP contribution is 2.23. The molecule has 0 aliphatic carbocycles. The van der Waals surface area contributed by atoms with Gasteiger partial charge in [-0.15, -0.1) is 0 Å². The lowest BCUT2D eigenvalue weighted by Gasteiger charge is -2.38. The monoisotopic (exact) mass is 238 g/mol. The van der Waals surface area contributed by atoms with Gasteiger partial charge < -0.3 is 5.32 Å². The van der Waals surface area contributed by atoms with Crippen molar-refractivity contribution in [3.8, 4) is 0 Å². The van der Waals surface area contributed by atoms with Gasteiger partial charge in [-0.3, -0.25) is 4.90 Å². The largest absolute Gasteiger partial charge is 0.401 e. The normalized spacial score (nSPS) is 28.3. The van der Waals surface area contributed by atoms with Crippen LogP contribution in [0.1, 0.15) is 33.1 Å². The van der Waals surface area contributed by atoms with Gasteiger partial charge in [0.05, 0.1) is 6.54 Å². The molecule has 16 heavy (non-hydrogen) atoms. The number of hydrogen-bond acceptors (Lipinski definition) is 2. The highest BCUT2D eigenvalue weighted by atomic mass is 19.4. The summed E-state index contributed by atoms with van der Waals surface area (Å²) >= 11 is 0. The van der Waals surface area contributed by atoms with Crippen LogP contribution in [0.15, 0.2) is 0 Å². The Balaban J connectivity index is 2.34. The number of alkyl halides is 3. The third kappa shape index (κ3) is 4.70. The first kappa shape index (κ1) is 13.8. The molecular formula is C11H21F3N2. The second-order valence-corrected chi connectivity index (χ2v) is 4.61. The molecule has 0 aromatic carbocycles. The predicted octanol–water partition coefficient (Wildman–Crippen LogP) is 2.40. The van der Waals surface area contributed by atoms with Crippen LogP contribution >= 0.6 is 0 Å². The highest BCUT2D eigenvalue weighted by molar-refractivity contribution is 4.83. The first-order valence-corrected chi connectivity index (χ1v) is 5.96. The summed E-state index contributed by atoms with van der Waals surface area (Å²) in [7, 11) is 0.